The lowest BCUT2D eigenvalue weighted by atomic mass is 9.96. The fourth-order valence-electron chi connectivity index (χ4n) is 2.33. The van der Waals surface area contributed by atoms with Gasteiger partial charge in [-0.2, -0.15) is 0 Å². The molecule has 2 rings (SSSR count). The highest BCUT2D eigenvalue weighted by molar-refractivity contribution is 5.24. The van der Waals surface area contributed by atoms with Gasteiger partial charge >= 0.3 is 0 Å². The van der Waals surface area contributed by atoms with Crippen molar-refractivity contribution in [2.24, 2.45) is 5.92 Å². The number of likely N-dealkylation sites (tertiary alicyclic amines) is 1. The SMILES string of the molecule is CCC1CN(Cc2ccc(C(C)C)cc2)C1. The molecule has 0 aromatic heterocycles. The van der Waals surface area contributed by atoms with Crippen LogP contribution in [0.4, 0.5) is 0 Å². The number of rotatable bonds is 4. The molecule has 1 heterocycles. The van der Waals surface area contributed by atoms with Crippen LogP contribution in [-0.2, 0) is 6.54 Å². The van der Waals surface area contributed by atoms with Crippen LogP contribution in [0.3, 0.4) is 0 Å². The van der Waals surface area contributed by atoms with E-state index in [2.05, 4.69) is 49.9 Å². The van der Waals surface area contributed by atoms with Crippen LogP contribution in [0.1, 0.15) is 44.2 Å². The van der Waals surface area contributed by atoms with Gasteiger partial charge < -0.3 is 0 Å². The van der Waals surface area contributed by atoms with Gasteiger partial charge in [0.25, 0.3) is 0 Å². The zero-order chi connectivity index (χ0) is 11.5. The summed E-state index contributed by atoms with van der Waals surface area (Å²) in [6, 6.07) is 9.12. The lowest BCUT2D eigenvalue weighted by molar-refractivity contribution is 0.0899. The van der Waals surface area contributed by atoms with E-state index in [0.29, 0.717) is 5.92 Å². The van der Waals surface area contributed by atoms with Crippen molar-refractivity contribution < 1.29 is 0 Å². The molecule has 0 bridgehead atoms. The maximum atomic E-state index is 2.54. The largest absolute Gasteiger partial charge is 0.298 e. The molecule has 1 saturated heterocycles. The van der Waals surface area contributed by atoms with Gasteiger partial charge in [0.2, 0.25) is 0 Å². The van der Waals surface area contributed by atoms with E-state index < -0.39 is 0 Å². The zero-order valence-electron chi connectivity index (χ0n) is 10.7. The molecule has 16 heavy (non-hydrogen) atoms. The van der Waals surface area contributed by atoms with E-state index in [1.807, 2.05) is 0 Å². The average molecular weight is 217 g/mol. The fraction of sp³-hybridized carbons (Fsp3) is 0.600. The monoisotopic (exact) mass is 217 g/mol. The number of hydrogen-bond donors (Lipinski definition) is 0. The molecule has 0 amide bonds. The summed E-state index contributed by atoms with van der Waals surface area (Å²) in [6.07, 6.45) is 1.34. The Kier molecular flexibility index (Phi) is 3.65. The summed E-state index contributed by atoms with van der Waals surface area (Å²) in [4.78, 5) is 2.54. The van der Waals surface area contributed by atoms with Crippen LogP contribution in [0.15, 0.2) is 24.3 Å². The molecule has 1 aromatic carbocycles. The highest BCUT2D eigenvalue weighted by atomic mass is 15.2. The smallest absolute Gasteiger partial charge is 0.0233 e. The summed E-state index contributed by atoms with van der Waals surface area (Å²) in [7, 11) is 0. The summed E-state index contributed by atoms with van der Waals surface area (Å²) in [5, 5.41) is 0. The predicted molar refractivity (Wildman–Crippen MR) is 69.6 cm³/mol. The first kappa shape index (κ1) is 11.7. The van der Waals surface area contributed by atoms with Gasteiger partial charge in [0.05, 0.1) is 0 Å². The van der Waals surface area contributed by atoms with Crippen molar-refractivity contribution >= 4 is 0 Å². The molecular formula is C15H23N. The molecular weight excluding hydrogens is 194 g/mol. The van der Waals surface area contributed by atoms with E-state index in [9.17, 15) is 0 Å². The molecule has 88 valence electrons. The molecule has 1 aliphatic rings. The first-order valence-electron chi connectivity index (χ1n) is 6.50. The molecule has 1 fully saturated rings. The van der Waals surface area contributed by atoms with E-state index in [4.69, 9.17) is 0 Å². The molecule has 0 atom stereocenters. The minimum absolute atomic E-state index is 0.641. The van der Waals surface area contributed by atoms with E-state index >= 15 is 0 Å². The van der Waals surface area contributed by atoms with Gasteiger partial charge in [-0.05, 0) is 23.0 Å². The van der Waals surface area contributed by atoms with Gasteiger partial charge in [-0.1, -0.05) is 51.5 Å². The summed E-state index contributed by atoms with van der Waals surface area (Å²) >= 11 is 0. The minimum atomic E-state index is 0.641. The van der Waals surface area contributed by atoms with Gasteiger partial charge in [0, 0.05) is 19.6 Å². The quantitative estimate of drug-likeness (QED) is 0.744. The lowest BCUT2D eigenvalue weighted by Gasteiger charge is -2.38. The topological polar surface area (TPSA) is 3.24 Å². The predicted octanol–water partition coefficient (Wildman–Crippen LogP) is 3.65. The van der Waals surface area contributed by atoms with Crippen molar-refractivity contribution in [3.63, 3.8) is 0 Å². The molecule has 0 aliphatic carbocycles. The zero-order valence-corrected chi connectivity index (χ0v) is 10.7. The van der Waals surface area contributed by atoms with Gasteiger partial charge in [-0.25, -0.2) is 0 Å². The highest BCUT2D eigenvalue weighted by Gasteiger charge is 2.24. The average Bonchev–Trinajstić information content (AvgIpc) is 2.23. The van der Waals surface area contributed by atoms with E-state index in [1.165, 1.54) is 30.6 Å². The third kappa shape index (κ3) is 2.65. The second-order valence-electron chi connectivity index (χ2n) is 5.36. The molecule has 1 heteroatoms. The third-order valence-corrected chi connectivity index (χ3v) is 3.66. The second-order valence-corrected chi connectivity index (χ2v) is 5.36. The molecule has 1 aromatic rings. The van der Waals surface area contributed by atoms with Crippen molar-refractivity contribution in [2.45, 2.75) is 39.7 Å². The van der Waals surface area contributed by atoms with Crippen LogP contribution in [0.2, 0.25) is 0 Å². The van der Waals surface area contributed by atoms with Gasteiger partial charge in [0.1, 0.15) is 0 Å². The van der Waals surface area contributed by atoms with Crippen LogP contribution in [0.5, 0.6) is 0 Å². The molecule has 0 N–H and O–H groups in total. The summed E-state index contributed by atoms with van der Waals surface area (Å²) in [5.41, 5.74) is 2.90. The number of benzene rings is 1. The standard InChI is InChI=1S/C15H23N/c1-4-13-9-16(10-13)11-14-5-7-15(8-6-14)12(2)3/h5-8,12-13H,4,9-11H2,1-3H3. The van der Waals surface area contributed by atoms with Crippen LogP contribution >= 0.6 is 0 Å². The Balaban J connectivity index is 1.86. The van der Waals surface area contributed by atoms with Gasteiger partial charge in [-0.15, -0.1) is 0 Å². The van der Waals surface area contributed by atoms with Crippen molar-refractivity contribution in [1.82, 2.24) is 4.90 Å². The highest BCUT2D eigenvalue weighted by Crippen LogP contribution is 2.22. The van der Waals surface area contributed by atoms with Crippen LogP contribution in [-0.4, -0.2) is 18.0 Å². The van der Waals surface area contributed by atoms with Gasteiger partial charge in [0.15, 0.2) is 0 Å². The maximum Gasteiger partial charge on any atom is 0.0233 e. The Bertz CT molecular complexity index is 320. The summed E-state index contributed by atoms with van der Waals surface area (Å²) < 4.78 is 0. The number of hydrogen-bond acceptors (Lipinski definition) is 1. The molecule has 0 saturated carbocycles. The van der Waals surface area contributed by atoms with Crippen molar-refractivity contribution in [3.8, 4) is 0 Å². The molecule has 0 unspecified atom stereocenters. The Hall–Kier alpha value is -0.820. The van der Waals surface area contributed by atoms with E-state index in [1.54, 1.807) is 0 Å². The minimum Gasteiger partial charge on any atom is -0.298 e. The fourth-order valence-corrected chi connectivity index (χ4v) is 2.33. The van der Waals surface area contributed by atoms with E-state index in [0.717, 1.165) is 12.5 Å². The number of nitrogens with zero attached hydrogens (tertiary/aromatic N) is 1. The molecule has 0 radical (unpaired) electrons. The first-order chi connectivity index (χ1) is 7.69. The third-order valence-electron chi connectivity index (χ3n) is 3.66. The van der Waals surface area contributed by atoms with Crippen LogP contribution < -0.4 is 0 Å². The summed E-state index contributed by atoms with van der Waals surface area (Å²) in [5.74, 6) is 1.59. The van der Waals surface area contributed by atoms with Crippen molar-refractivity contribution in [2.75, 3.05) is 13.1 Å². The van der Waals surface area contributed by atoms with Crippen molar-refractivity contribution in [1.29, 1.82) is 0 Å². The van der Waals surface area contributed by atoms with Gasteiger partial charge in [-0.3, -0.25) is 4.90 Å². The molecule has 1 aliphatic heterocycles. The Labute approximate surface area is 99.5 Å². The Morgan fingerprint density at radius 3 is 2.31 bits per heavy atom. The van der Waals surface area contributed by atoms with E-state index in [-0.39, 0.29) is 0 Å². The Morgan fingerprint density at radius 2 is 1.81 bits per heavy atom. The molecule has 0 spiro atoms. The second kappa shape index (κ2) is 5.01. The first-order valence-corrected chi connectivity index (χ1v) is 6.50. The Morgan fingerprint density at radius 1 is 1.19 bits per heavy atom. The summed E-state index contributed by atoms with van der Waals surface area (Å²) in [6.45, 7) is 10.5. The van der Waals surface area contributed by atoms with Crippen LogP contribution in [0, 0.1) is 5.92 Å². The lowest BCUT2D eigenvalue weighted by Crippen LogP contribution is -2.45. The normalized spacial score (nSPS) is 17.8. The maximum absolute atomic E-state index is 2.54. The van der Waals surface area contributed by atoms with Crippen molar-refractivity contribution in [3.05, 3.63) is 35.4 Å². The van der Waals surface area contributed by atoms with Crippen LogP contribution in [0.25, 0.3) is 0 Å². The molecule has 1 nitrogen and oxygen atoms in total.